The van der Waals surface area contributed by atoms with Crippen molar-refractivity contribution >= 4 is 29.0 Å². The van der Waals surface area contributed by atoms with Gasteiger partial charge in [-0.05, 0) is 36.6 Å². The van der Waals surface area contributed by atoms with E-state index in [2.05, 4.69) is 52.3 Å². The van der Waals surface area contributed by atoms with Gasteiger partial charge < -0.3 is 9.80 Å². The molecule has 2 aromatic rings. The van der Waals surface area contributed by atoms with Gasteiger partial charge in [-0.2, -0.15) is 0 Å². The van der Waals surface area contributed by atoms with Gasteiger partial charge in [0, 0.05) is 29.3 Å². The number of rotatable bonds is 1. The van der Waals surface area contributed by atoms with Crippen LogP contribution in [0.15, 0.2) is 52.3 Å². The van der Waals surface area contributed by atoms with Crippen molar-refractivity contribution in [2.75, 3.05) is 18.0 Å². The summed E-state index contributed by atoms with van der Waals surface area (Å²) in [7, 11) is 0. The number of para-hydroxylation sites is 2. The second-order valence-corrected chi connectivity index (χ2v) is 7.49. The molecule has 0 spiro atoms. The molecule has 3 nitrogen and oxygen atoms in total. The Bertz CT molecular complexity index is 804. The van der Waals surface area contributed by atoms with Crippen molar-refractivity contribution in [1.82, 2.24) is 4.90 Å². The lowest BCUT2D eigenvalue weighted by molar-refractivity contribution is -0.129. The zero-order chi connectivity index (χ0) is 15.4. The van der Waals surface area contributed by atoms with E-state index in [1.54, 1.807) is 0 Å². The first-order chi connectivity index (χ1) is 11.3. The molecule has 3 aliphatic rings. The molecule has 1 fully saturated rings. The molecule has 4 heteroatoms. The summed E-state index contributed by atoms with van der Waals surface area (Å²) in [6, 6.07) is 15.5. The molecule has 1 atom stereocenters. The Labute approximate surface area is 140 Å². The van der Waals surface area contributed by atoms with E-state index in [4.69, 9.17) is 0 Å². The summed E-state index contributed by atoms with van der Waals surface area (Å²) in [5.41, 5.74) is 3.96. The molecule has 0 aliphatic carbocycles. The number of benzene rings is 2. The fourth-order valence-electron chi connectivity index (χ4n) is 4.15. The van der Waals surface area contributed by atoms with Crippen LogP contribution < -0.4 is 4.90 Å². The lowest BCUT2D eigenvalue weighted by Gasteiger charge is -2.42. The Morgan fingerprint density at radius 1 is 1.00 bits per heavy atom. The van der Waals surface area contributed by atoms with Crippen molar-refractivity contribution in [1.29, 1.82) is 0 Å². The van der Waals surface area contributed by atoms with Crippen LogP contribution in [-0.4, -0.2) is 23.9 Å². The van der Waals surface area contributed by atoms with Gasteiger partial charge >= 0.3 is 0 Å². The maximum Gasteiger partial charge on any atom is 0.223 e. The third kappa shape index (κ3) is 1.94. The van der Waals surface area contributed by atoms with E-state index in [1.165, 1.54) is 26.7 Å². The number of hydrogen-bond donors (Lipinski definition) is 0. The van der Waals surface area contributed by atoms with Crippen molar-refractivity contribution in [3.05, 3.63) is 48.0 Å². The predicted molar refractivity (Wildman–Crippen MR) is 92.3 cm³/mol. The third-order valence-electron chi connectivity index (χ3n) is 5.15. The van der Waals surface area contributed by atoms with Crippen LogP contribution in [0.4, 0.5) is 11.4 Å². The van der Waals surface area contributed by atoms with Crippen LogP contribution in [0.1, 0.15) is 30.9 Å². The second kappa shape index (κ2) is 5.03. The maximum atomic E-state index is 12.2. The van der Waals surface area contributed by atoms with Gasteiger partial charge in [0.1, 0.15) is 0 Å². The van der Waals surface area contributed by atoms with Crippen molar-refractivity contribution in [3.8, 4) is 0 Å². The molecule has 3 aliphatic heterocycles. The third-order valence-corrected chi connectivity index (χ3v) is 6.26. The molecular weight excluding hydrogens is 304 g/mol. The van der Waals surface area contributed by atoms with Gasteiger partial charge in [0.2, 0.25) is 5.91 Å². The predicted octanol–water partition coefficient (Wildman–Crippen LogP) is 4.36. The highest BCUT2D eigenvalue weighted by atomic mass is 32.2. The van der Waals surface area contributed by atoms with Crippen LogP contribution in [0.2, 0.25) is 0 Å². The first-order valence-electron chi connectivity index (χ1n) is 8.30. The average Bonchev–Trinajstić information content (AvgIpc) is 3.01. The summed E-state index contributed by atoms with van der Waals surface area (Å²) >= 11 is 1.85. The van der Waals surface area contributed by atoms with Crippen LogP contribution in [0.25, 0.3) is 0 Å². The van der Waals surface area contributed by atoms with Crippen LogP contribution in [0.5, 0.6) is 0 Å². The zero-order valence-corrected chi connectivity index (χ0v) is 13.7. The van der Waals surface area contributed by atoms with E-state index in [1.807, 2.05) is 11.8 Å². The van der Waals surface area contributed by atoms with Crippen LogP contribution in [0, 0.1) is 0 Å². The average molecular weight is 322 g/mol. The lowest BCUT2D eigenvalue weighted by atomic mass is 9.94. The lowest BCUT2D eigenvalue weighted by Crippen LogP contribution is -2.38. The normalized spacial score (nSPS) is 22.1. The first-order valence-corrected chi connectivity index (χ1v) is 9.11. The van der Waals surface area contributed by atoms with Gasteiger partial charge in [0.05, 0.1) is 17.4 Å². The van der Waals surface area contributed by atoms with Crippen LogP contribution >= 0.6 is 11.8 Å². The molecule has 23 heavy (non-hydrogen) atoms. The minimum atomic E-state index is 0.252. The Morgan fingerprint density at radius 2 is 1.87 bits per heavy atom. The fraction of sp³-hybridized carbons (Fsp3) is 0.316. The minimum Gasteiger partial charge on any atom is -0.339 e. The molecule has 0 N–H and O–H groups in total. The number of carbonyl (C=O) groups excluding carboxylic acids is 1. The van der Waals surface area contributed by atoms with Gasteiger partial charge in [-0.1, -0.05) is 36.0 Å². The smallest absolute Gasteiger partial charge is 0.223 e. The fourth-order valence-corrected chi connectivity index (χ4v) is 5.28. The molecule has 1 unspecified atom stereocenters. The molecule has 2 aromatic carbocycles. The van der Waals surface area contributed by atoms with E-state index >= 15 is 0 Å². The quantitative estimate of drug-likeness (QED) is 0.779. The van der Waals surface area contributed by atoms with Crippen LogP contribution in [-0.2, 0) is 4.79 Å². The number of nitrogens with zero attached hydrogens (tertiary/aromatic N) is 2. The topological polar surface area (TPSA) is 23.6 Å². The molecular formula is C19H18N2OS. The van der Waals surface area contributed by atoms with Crippen molar-refractivity contribution in [3.63, 3.8) is 0 Å². The zero-order valence-electron chi connectivity index (χ0n) is 12.9. The van der Waals surface area contributed by atoms with E-state index in [9.17, 15) is 4.79 Å². The largest absolute Gasteiger partial charge is 0.339 e. The Balaban J connectivity index is 1.64. The molecule has 0 radical (unpaired) electrons. The molecule has 1 saturated heterocycles. The van der Waals surface area contributed by atoms with Crippen molar-refractivity contribution < 1.29 is 4.79 Å². The molecule has 0 aromatic heterocycles. The van der Waals surface area contributed by atoms with Crippen molar-refractivity contribution in [2.45, 2.75) is 35.1 Å². The molecule has 0 saturated carbocycles. The van der Waals surface area contributed by atoms with Gasteiger partial charge in [-0.15, -0.1) is 0 Å². The van der Waals surface area contributed by atoms with Gasteiger partial charge in [-0.25, -0.2) is 0 Å². The molecule has 5 rings (SSSR count). The van der Waals surface area contributed by atoms with Crippen molar-refractivity contribution in [2.24, 2.45) is 0 Å². The Hall–Kier alpha value is -1.94. The second-order valence-electron chi connectivity index (χ2n) is 6.41. The highest BCUT2D eigenvalue weighted by Crippen LogP contribution is 2.53. The number of carbonyl (C=O) groups is 1. The highest BCUT2D eigenvalue weighted by Gasteiger charge is 2.37. The van der Waals surface area contributed by atoms with E-state index < -0.39 is 0 Å². The number of fused-ring (bicyclic) bond motifs is 2. The molecule has 3 heterocycles. The number of anilines is 2. The first kappa shape index (κ1) is 13.5. The Kier molecular flexibility index (Phi) is 2.95. The number of likely N-dealkylation sites (tertiary alicyclic amines) is 1. The van der Waals surface area contributed by atoms with Gasteiger partial charge in [0.15, 0.2) is 0 Å². The molecule has 0 bridgehead atoms. The summed E-state index contributed by atoms with van der Waals surface area (Å²) < 4.78 is 0. The number of amides is 1. The summed E-state index contributed by atoms with van der Waals surface area (Å²) in [4.78, 5) is 19.4. The molecule has 116 valence electrons. The molecule has 1 amide bonds. The summed E-state index contributed by atoms with van der Waals surface area (Å²) in [5, 5.41) is 0. The maximum absolute atomic E-state index is 12.2. The number of hydrogen-bond acceptors (Lipinski definition) is 3. The SMILES string of the molecule is O=C1CCCN1C1CCN2c3ccccc3Sc3cccc1c32. The van der Waals surface area contributed by atoms with E-state index in [-0.39, 0.29) is 6.04 Å². The van der Waals surface area contributed by atoms with Crippen LogP contribution in [0.3, 0.4) is 0 Å². The standard InChI is InChI=1S/C19H18N2OS/c22-18-9-4-11-20(18)14-10-12-21-15-6-1-2-7-16(15)23-17-8-3-5-13(14)19(17)21/h1-3,5-8,14H,4,9-12H2. The van der Waals surface area contributed by atoms with Gasteiger partial charge in [0.25, 0.3) is 0 Å². The van der Waals surface area contributed by atoms with Gasteiger partial charge in [-0.3, -0.25) is 4.79 Å². The minimum absolute atomic E-state index is 0.252. The van der Waals surface area contributed by atoms with E-state index in [0.29, 0.717) is 12.3 Å². The summed E-state index contributed by atoms with van der Waals surface area (Å²) in [6.07, 6.45) is 2.74. The summed E-state index contributed by atoms with van der Waals surface area (Å²) in [5.74, 6) is 0.324. The summed E-state index contributed by atoms with van der Waals surface area (Å²) in [6.45, 7) is 1.90. The highest BCUT2D eigenvalue weighted by molar-refractivity contribution is 7.99. The monoisotopic (exact) mass is 322 g/mol. The van der Waals surface area contributed by atoms with E-state index in [0.717, 1.165) is 25.9 Å². The Morgan fingerprint density at radius 3 is 2.74 bits per heavy atom.